The quantitative estimate of drug-likeness (QED) is 0.844. The van der Waals surface area contributed by atoms with Gasteiger partial charge in [-0.15, -0.1) is 0 Å². The van der Waals surface area contributed by atoms with Gasteiger partial charge in [0.05, 0.1) is 5.56 Å². The van der Waals surface area contributed by atoms with E-state index in [0.29, 0.717) is 5.56 Å². The number of nitrogens with one attached hydrogen (secondary N) is 1. The van der Waals surface area contributed by atoms with Gasteiger partial charge in [-0.25, -0.2) is 0 Å². The van der Waals surface area contributed by atoms with Crippen molar-refractivity contribution in [2.45, 2.75) is 12.6 Å². The highest BCUT2D eigenvalue weighted by Crippen LogP contribution is 2.29. The Bertz CT molecular complexity index is 391. The van der Waals surface area contributed by atoms with Gasteiger partial charge in [0.15, 0.2) is 0 Å². The summed E-state index contributed by atoms with van der Waals surface area (Å²) in [6.07, 6.45) is -4.07. The van der Waals surface area contributed by atoms with Gasteiger partial charge in [0.1, 0.15) is 6.61 Å². The number of amides is 1. The lowest BCUT2D eigenvalue weighted by molar-refractivity contribution is -0.137. The van der Waals surface area contributed by atoms with Crippen LogP contribution in [-0.4, -0.2) is 24.2 Å². The standard InChI is InChI=1S/C11H12F3NO2/c12-11(13,14)9-3-1-2-8(6-9)4-5-15-10(17)7-16/h1-3,6,16H,4-5,7H2,(H,15,17). The summed E-state index contributed by atoms with van der Waals surface area (Å²) >= 11 is 0. The Morgan fingerprint density at radius 1 is 1.35 bits per heavy atom. The van der Waals surface area contributed by atoms with Crippen LogP contribution in [0.4, 0.5) is 13.2 Å². The fraction of sp³-hybridized carbons (Fsp3) is 0.364. The van der Waals surface area contributed by atoms with Crippen LogP contribution in [0.15, 0.2) is 24.3 Å². The predicted octanol–water partition coefficient (Wildman–Crippen LogP) is 1.36. The summed E-state index contributed by atoms with van der Waals surface area (Å²) < 4.78 is 37.1. The van der Waals surface area contributed by atoms with Crippen LogP contribution < -0.4 is 5.32 Å². The van der Waals surface area contributed by atoms with Crippen molar-refractivity contribution in [2.75, 3.05) is 13.2 Å². The first-order chi connectivity index (χ1) is 7.93. The van der Waals surface area contributed by atoms with Crippen LogP contribution in [0, 0.1) is 0 Å². The topological polar surface area (TPSA) is 49.3 Å². The molecule has 0 aliphatic heterocycles. The molecule has 0 heterocycles. The number of halogens is 3. The number of benzene rings is 1. The molecule has 1 aromatic rings. The molecule has 0 aliphatic carbocycles. The Labute approximate surface area is 96.3 Å². The molecule has 1 rings (SSSR count). The van der Waals surface area contributed by atoms with E-state index >= 15 is 0 Å². The second-order valence-corrected chi connectivity index (χ2v) is 3.46. The summed E-state index contributed by atoms with van der Waals surface area (Å²) in [5, 5.41) is 10.8. The third-order valence-corrected chi connectivity index (χ3v) is 2.13. The zero-order valence-corrected chi connectivity index (χ0v) is 8.92. The molecule has 94 valence electrons. The normalized spacial score (nSPS) is 11.3. The van der Waals surface area contributed by atoms with Crippen molar-refractivity contribution in [3.05, 3.63) is 35.4 Å². The summed E-state index contributed by atoms with van der Waals surface area (Å²) in [5.74, 6) is -0.544. The molecular weight excluding hydrogens is 235 g/mol. The van der Waals surface area contributed by atoms with E-state index in [1.165, 1.54) is 6.07 Å². The molecular formula is C11H12F3NO2. The second kappa shape index (κ2) is 5.67. The number of aliphatic hydroxyl groups is 1. The fourth-order valence-electron chi connectivity index (χ4n) is 1.31. The molecule has 2 N–H and O–H groups in total. The molecule has 0 spiro atoms. The molecule has 0 aromatic heterocycles. The third kappa shape index (κ3) is 4.44. The average Bonchev–Trinajstić information content (AvgIpc) is 2.28. The molecule has 17 heavy (non-hydrogen) atoms. The van der Waals surface area contributed by atoms with Crippen molar-refractivity contribution in [2.24, 2.45) is 0 Å². The van der Waals surface area contributed by atoms with Gasteiger partial charge in [0, 0.05) is 6.54 Å². The zero-order valence-electron chi connectivity index (χ0n) is 8.92. The molecule has 0 saturated carbocycles. The molecule has 0 unspecified atom stereocenters. The minimum Gasteiger partial charge on any atom is -0.387 e. The van der Waals surface area contributed by atoms with Gasteiger partial charge < -0.3 is 10.4 Å². The number of alkyl halides is 3. The van der Waals surface area contributed by atoms with Crippen molar-refractivity contribution in [3.63, 3.8) is 0 Å². The average molecular weight is 247 g/mol. The first-order valence-corrected chi connectivity index (χ1v) is 4.97. The van der Waals surface area contributed by atoms with E-state index in [-0.39, 0.29) is 13.0 Å². The summed E-state index contributed by atoms with van der Waals surface area (Å²) in [5.41, 5.74) is -0.221. The lowest BCUT2D eigenvalue weighted by atomic mass is 10.1. The van der Waals surface area contributed by atoms with Gasteiger partial charge in [-0.3, -0.25) is 4.79 Å². The smallest absolute Gasteiger partial charge is 0.387 e. The summed E-state index contributed by atoms with van der Waals surface area (Å²) in [4.78, 5) is 10.7. The molecule has 0 saturated heterocycles. The lowest BCUT2D eigenvalue weighted by Crippen LogP contribution is -2.28. The van der Waals surface area contributed by atoms with Gasteiger partial charge in [0.2, 0.25) is 5.91 Å². The van der Waals surface area contributed by atoms with Gasteiger partial charge in [-0.05, 0) is 18.1 Å². The Hall–Kier alpha value is -1.56. The van der Waals surface area contributed by atoms with E-state index in [1.54, 1.807) is 6.07 Å². The SMILES string of the molecule is O=C(CO)NCCc1cccc(C(F)(F)F)c1. The highest BCUT2D eigenvalue weighted by Gasteiger charge is 2.30. The second-order valence-electron chi connectivity index (χ2n) is 3.46. The van der Waals surface area contributed by atoms with Crippen LogP contribution in [0.1, 0.15) is 11.1 Å². The molecule has 3 nitrogen and oxygen atoms in total. The van der Waals surface area contributed by atoms with E-state index in [2.05, 4.69) is 5.32 Å². The van der Waals surface area contributed by atoms with E-state index < -0.39 is 24.3 Å². The summed E-state index contributed by atoms with van der Waals surface area (Å²) in [7, 11) is 0. The predicted molar refractivity (Wildman–Crippen MR) is 55.2 cm³/mol. The van der Waals surface area contributed by atoms with E-state index in [9.17, 15) is 18.0 Å². The largest absolute Gasteiger partial charge is 0.416 e. The molecule has 0 radical (unpaired) electrons. The van der Waals surface area contributed by atoms with E-state index in [4.69, 9.17) is 5.11 Å². The van der Waals surface area contributed by atoms with Crippen LogP contribution in [0.25, 0.3) is 0 Å². The first-order valence-electron chi connectivity index (χ1n) is 4.97. The zero-order chi connectivity index (χ0) is 12.9. The minimum absolute atomic E-state index is 0.195. The van der Waals surface area contributed by atoms with Crippen molar-refractivity contribution in [1.29, 1.82) is 0 Å². The van der Waals surface area contributed by atoms with E-state index in [0.717, 1.165) is 12.1 Å². The molecule has 0 atom stereocenters. The lowest BCUT2D eigenvalue weighted by Gasteiger charge is -2.09. The molecule has 1 aromatic carbocycles. The van der Waals surface area contributed by atoms with Gasteiger partial charge in [-0.1, -0.05) is 18.2 Å². The number of carbonyl (C=O) groups excluding carboxylic acids is 1. The maximum absolute atomic E-state index is 12.4. The summed E-state index contributed by atoms with van der Waals surface area (Å²) in [6, 6.07) is 4.92. The number of rotatable bonds is 4. The van der Waals surface area contributed by atoms with Crippen molar-refractivity contribution >= 4 is 5.91 Å². The molecule has 1 amide bonds. The highest BCUT2D eigenvalue weighted by atomic mass is 19.4. The monoisotopic (exact) mass is 247 g/mol. The number of aliphatic hydroxyl groups excluding tert-OH is 1. The van der Waals surface area contributed by atoms with E-state index in [1.807, 2.05) is 0 Å². The van der Waals surface area contributed by atoms with Gasteiger partial charge in [-0.2, -0.15) is 13.2 Å². The third-order valence-electron chi connectivity index (χ3n) is 2.13. The maximum atomic E-state index is 12.4. The van der Waals surface area contributed by atoms with Crippen molar-refractivity contribution in [3.8, 4) is 0 Å². The molecule has 0 fully saturated rings. The van der Waals surface area contributed by atoms with Crippen molar-refractivity contribution < 1.29 is 23.1 Å². The molecule has 0 bridgehead atoms. The number of carbonyl (C=O) groups is 1. The Kier molecular flexibility index (Phi) is 4.51. The number of hydrogen-bond donors (Lipinski definition) is 2. The molecule has 6 heteroatoms. The Morgan fingerprint density at radius 2 is 2.06 bits per heavy atom. The van der Waals surface area contributed by atoms with Gasteiger partial charge >= 0.3 is 6.18 Å². The Morgan fingerprint density at radius 3 is 2.65 bits per heavy atom. The highest BCUT2D eigenvalue weighted by molar-refractivity contribution is 5.76. The molecule has 0 aliphatic rings. The number of hydrogen-bond acceptors (Lipinski definition) is 2. The minimum atomic E-state index is -4.36. The van der Waals surface area contributed by atoms with Crippen LogP contribution >= 0.6 is 0 Å². The Balaban J connectivity index is 2.58. The fourth-order valence-corrected chi connectivity index (χ4v) is 1.31. The van der Waals surface area contributed by atoms with Gasteiger partial charge in [0.25, 0.3) is 0 Å². The maximum Gasteiger partial charge on any atom is 0.416 e. The van der Waals surface area contributed by atoms with Crippen LogP contribution in [-0.2, 0) is 17.4 Å². The van der Waals surface area contributed by atoms with Crippen LogP contribution in [0.3, 0.4) is 0 Å². The van der Waals surface area contributed by atoms with Crippen LogP contribution in [0.5, 0.6) is 0 Å². The first kappa shape index (κ1) is 13.5. The van der Waals surface area contributed by atoms with Crippen molar-refractivity contribution in [1.82, 2.24) is 5.32 Å². The summed E-state index contributed by atoms with van der Waals surface area (Å²) in [6.45, 7) is -0.427. The van der Waals surface area contributed by atoms with Crippen LogP contribution in [0.2, 0.25) is 0 Å².